The van der Waals surface area contributed by atoms with Crippen LogP contribution in [0.15, 0.2) is 18.3 Å². The van der Waals surface area contributed by atoms with Gasteiger partial charge in [-0.1, -0.05) is 11.6 Å². The van der Waals surface area contributed by atoms with Gasteiger partial charge in [-0.15, -0.1) is 12.4 Å². The fourth-order valence-electron chi connectivity index (χ4n) is 0.803. The molecule has 0 aliphatic carbocycles. The van der Waals surface area contributed by atoms with Crippen molar-refractivity contribution in [1.82, 2.24) is 15.2 Å². The third-order valence-corrected chi connectivity index (χ3v) is 1.48. The van der Waals surface area contributed by atoms with Crippen molar-refractivity contribution in [3.63, 3.8) is 0 Å². The fraction of sp³-hybridized carbons (Fsp3) is 0. The predicted octanol–water partition coefficient (Wildman–Crippen LogP) is 2.03. The summed E-state index contributed by atoms with van der Waals surface area (Å²) in [6.45, 7) is 0. The molecule has 0 atom stereocenters. The zero-order chi connectivity index (χ0) is 6.97. The summed E-state index contributed by atoms with van der Waals surface area (Å²) in [7, 11) is 0. The normalized spacial score (nSPS) is 9.55. The molecule has 5 heteroatoms. The van der Waals surface area contributed by atoms with Crippen LogP contribution in [0.3, 0.4) is 0 Å². The van der Waals surface area contributed by atoms with Gasteiger partial charge < -0.3 is 0 Å². The van der Waals surface area contributed by atoms with Crippen LogP contribution in [-0.2, 0) is 0 Å². The summed E-state index contributed by atoms with van der Waals surface area (Å²) in [5.41, 5.74) is 0.729. The van der Waals surface area contributed by atoms with E-state index in [-0.39, 0.29) is 12.4 Å². The van der Waals surface area contributed by atoms with Gasteiger partial charge in [-0.25, -0.2) is 4.98 Å². The average molecular weight is 190 g/mol. The lowest BCUT2D eigenvalue weighted by Gasteiger charge is -1.86. The summed E-state index contributed by atoms with van der Waals surface area (Å²) in [6.07, 6.45) is 1.71. The lowest BCUT2D eigenvalue weighted by molar-refractivity contribution is 1.10. The van der Waals surface area contributed by atoms with E-state index in [4.69, 9.17) is 11.6 Å². The van der Waals surface area contributed by atoms with Crippen molar-refractivity contribution in [2.75, 3.05) is 0 Å². The van der Waals surface area contributed by atoms with Crippen molar-refractivity contribution in [2.24, 2.45) is 0 Å². The van der Waals surface area contributed by atoms with Gasteiger partial charge in [0.2, 0.25) is 0 Å². The van der Waals surface area contributed by atoms with E-state index in [1.54, 1.807) is 12.3 Å². The maximum absolute atomic E-state index is 5.62. The van der Waals surface area contributed by atoms with E-state index in [9.17, 15) is 0 Å². The van der Waals surface area contributed by atoms with Crippen molar-refractivity contribution < 1.29 is 0 Å². The second-order valence-electron chi connectivity index (χ2n) is 1.94. The van der Waals surface area contributed by atoms with Crippen LogP contribution >= 0.6 is 24.0 Å². The lowest BCUT2D eigenvalue weighted by Crippen LogP contribution is -1.75. The van der Waals surface area contributed by atoms with Gasteiger partial charge in [-0.05, 0) is 12.1 Å². The summed E-state index contributed by atoms with van der Waals surface area (Å²) in [6, 6.07) is 3.60. The summed E-state index contributed by atoms with van der Waals surface area (Å²) in [5, 5.41) is 7.97. The number of nitrogens with one attached hydrogen (secondary N) is 1. The van der Waals surface area contributed by atoms with Gasteiger partial charge >= 0.3 is 0 Å². The van der Waals surface area contributed by atoms with Gasteiger partial charge in [-0.2, -0.15) is 5.10 Å². The summed E-state index contributed by atoms with van der Waals surface area (Å²) >= 11 is 5.62. The number of aromatic nitrogens is 3. The smallest absolute Gasteiger partial charge is 0.156 e. The lowest BCUT2D eigenvalue weighted by atomic mass is 10.4. The van der Waals surface area contributed by atoms with Crippen molar-refractivity contribution in [2.45, 2.75) is 0 Å². The minimum absolute atomic E-state index is 0. The first-order valence-corrected chi connectivity index (χ1v) is 3.20. The van der Waals surface area contributed by atoms with Crippen LogP contribution < -0.4 is 0 Å². The van der Waals surface area contributed by atoms with E-state index in [2.05, 4.69) is 15.2 Å². The van der Waals surface area contributed by atoms with E-state index >= 15 is 0 Å². The standard InChI is InChI=1S/C6H4ClN3.ClH/c7-5-2-1-4-3-8-10-6(4)9-5;/h1-3H,(H,8,9,10);1H. The Bertz CT molecular complexity index is 357. The van der Waals surface area contributed by atoms with Crippen LogP contribution in [0.4, 0.5) is 0 Å². The van der Waals surface area contributed by atoms with Gasteiger partial charge in [0.1, 0.15) is 5.15 Å². The third-order valence-electron chi connectivity index (χ3n) is 1.27. The quantitative estimate of drug-likeness (QED) is 0.645. The molecule has 2 aromatic heterocycles. The first-order valence-electron chi connectivity index (χ1n) is 2.82. The van der Waals surface area contributed by atoms with E-state index < -0.39 is 0 Å². The Morgan fingerprint density at radius 2 is 2.18 bits per heavy atom. The molecule has 2 rings (SSSR count). The molecular weight excluding hydrogens is 185 g/mol. The highest BCUT2D eigenvalue weighted by molar-refractivity contribution is 6.29. The number of rotatable bonds is 0. The zero-order valence-corrected chi connectivity index (χ0v) is 6.99. The van der Waals surface area contributed by atoms with Crippen LogP contribution in [0.5, 0.6) is 0 Å². The second-order valence-corrected chi connectivity index (χ2v) is 2.33. The Kier molecular flexibility index (Phi) is 2.31. The molecule has 0 amide bonds. The third kappa shape index (κ3) is 1.44. The molecule has 0 unspecified atom stereocenters. The van der Waals surface area contributed by atoms with Crippen molar-refractivity contribution in [3.05, 3.63) is 23.5 Å². The number of H-pyrrole nitrogens is 1. The first kappa shape index (κ1) is 8.30. The fourth-order valence-corrected chi connectivity index (χ4v) is 0.950. The Morgan fingerprint density at radius 1 is 1.36 bits per heavy atom. The van der Waals surface area contributed by atoms with E-state index in [1.165, 1.54) is 0 Å². The summed E-state index contributed by atoms with van der Waals surface area (Å²) < 4.78 is 0. The highest BCUT2D eigenvalue weighted by Crippen LogP contribution is 2.11. The molecule has 0 fully saturated rings. The Labute approximate surface area is 74.2 Å². The molecule has 2 aromatic rings. The molecule has 0 bridgehead atoms. The molecule has 0 radical (unpaired) electrons. The first-order chi connectivity index (χ1) is 4.86. The van der Waals surface area contributed by atoms with E-state index in [1.807, 2.05) is 6.07 Å². The number of fused-ring (bicyclic) bond motifs is 1. The molecule has 58 valence electrons. The molecule has 0 saturated carbocycles. The van der Waals surface area contributed by atoms with E-state index in [0.29, 0.717) is 5.15 Å². The topological polar surface area (TPSA) is 41.6 Å². The minimum Gasteiger partial charge on any atom is -0.261 e. The number of hydrogen-bond acceptors (Lipinski definition) is 2. The largest absolute Gasteiger partial charge is 0.261 e. The molecule has 11 heavy (non-hydrogen) atoms. The number of halogens is 2. The van der Waals surface area contributed by atoms with Gasteiger partial charge in [0.15, 0.2) is 5.65 Å². The molecule has 0 aliphatic rings. The number of pyridine rings is 1. The van der Waals surface area contributed by atoms with E-state index in [0.717, 1.165) is 11.0 Å². The van der Waals surface area contributed by atoms with Crippen LogP contribution in [0.1, 0.15) is 0 Å². The highest BCUT2D eigenvalue weighted by Gasteiger charge is 1.95. The molecule has 0 aromatic carbocycles. The molecule has 1 N–H and O–H groups in total. The predicted molar refractivity (Wildman–Crippen MR) is 46.1 cm³/mol. The second kappa shape index (κ2) is 3.07. The number of hydrogen-bond donors (Lipinski definition) is 1. The van der Waals surface area contributed by atoms with Gasteiger partial charge in [0.25, 0.3) is 0 Å². The van der Waals surface area contributed by atoms with Crippen LogP contribution in [0.25, 0.3) is 11.0 Å². The Morgan fingerprint density at radius 3 is 3.00 bits per heavy atom. The molecule has 0 aliphatic heterocycles. The molecular formula is C6H5Cl2N3. The Hall–Kier alpha value is -0.800. The number of aromatic amines is 1. The van der Waals surface area contributed by atoms with Gasteiger partial charge in [0.05, 0.1) is 6.20 Å². The Balaban J connectivity index is 0.000000605. The average Bonchev–Trinajstić information content (AvgIpc) is 2.33. The van der Waals surface area contributed by atoms with Crippen LogP contribution in [0, 0.1) is 0 Å². The van der Waals surface area contributed by atoms with Crippen LogP contribution in [0.2, 0.25) is 5.15 Å². The van der Waals surface area contributed by atoms with Crippen molar-refractivity contribution in [3.8, 4) is 0 Å². The summed E-state index contributed by atoms with van der Waals surface area (Å²) in [4.78, 5) is 3.98. The maximum Gasteiger partial charge on any atom is 0.156 e. The SMILES string of the molecule is Cl.Clc1ccc2cn[nH]c2n1. The molecule has 3 nitrogen and oxygen atoms in total. The van der Waals surface area contributed by atoms with Gasteiger partial charge in [-0.3, -0.25) is 5.10 Å². The zero-order valence-electron chi connectivity index (χ0n) is 5.41. The van der Waals surface area contributed by atoms with Crippen LogP contribution in [-0.4, -0.2) is 15.2 Å². The maximum atomic E-state index is 5.62. The van der Waals surface area contributed by atoms with Crippen molar-refractivity contribution >= 4 is 35.0 Å². The monoisotopic (exact) mass is 189 g/mol. The van der Waals surface area contributed by atoms with Gasteiger partial charge in [0, 0.05) is 5.39 Å². The highest BCUT2D eigenvalue weighted by atomic mass is 35.5. The minimum atomic E-state index is 0. The number of nitrogens with zero attached hydrogens (tertiary/aromatic N) is 2. The molecule has 2 heterocycles. The molecule has 0 spiro atoms. The van der Waals surface area contributed by atoms with Crippen molar-refractivity contribution in [1.29, 1.82) is 0 Å². The molecule has 0 saturated heterocycles. The summed E-state index contributed by atoms with van der Waals surface area (Å²) in [5.74, 6) is 0.